The molecule has 3 rings (SSSR count). The first-order valence-electron chi connectivity index (χ1n) is 8.88. The topological polar surface area (TPSA) is 61.8 Å². The van der Waals surface area contributed by atoms with Gasteiger partial charge in [0.15, 0.2) is 0 Å². The first-order valence-corrected chi connectivity index (χ1v) is 8.88. The Morgan fingerprint density at radius 2 is 1.79 bits per heavy atom. The number of nitrogens with zero attached hydrogens (tertiary/aromatic N) is 1. The van der Waals surface area contributed by atoms with Crippen LogP contribution in [-0.4, -0.2) is 41.2 Å². The van der Waals surface area contributed by atoms with Crippen LogP contribution in [0.4, 0.5) is 18.0 Å². The van der Waals surface area contributed by atoms with Crippen molar-refractivity contribution in [3.63, 3.8) is 0 Å². The highest BCUT2D eigenvalue weighted by Gasteiger charge is 2.44. The van der Waals surface area contributed by atoms with Crippen LogP contribution in [0.25, 0.3) is 0 Å². The van der Waals surface area contributed by atoms with Crippen molar-refractivity contribution in [2.45, 2.75) is 31.6 Å². The van der Waals surface area contributed by atoms with Crippen molar-refractivity contribution in [1.29, 1.82) is 0 Å². The third-order valence-corrected chi connectivity index (χ3v) is 4.53. The molecule has 0 aromatic heterocycles. The van der Waals surface area contributed by atoms with Gasteiger partial charge in [-0.1, -0.05) is 24.3 Å². The molecule has 1 unspecified atom stereocenters. The zero-order valence-corrected chi connectivity index (χ0v) is 15.1. The number of ether oxygens (including phenoxy) is 1. The van der Waals surface area contributed by atoms with Crippen LogP contribution in [-0.2, 0) is 13.2 Å². The normalized spacial score (nSPS) is 18.6. The third-order valence-electron chi connectivity index (χ3n) is 4.53. The van der Waals surface area contributed by atoms with Crippen LogP contribution in [0.3, 0.4) is 0 Å². The fraction of sp³-hybridized carbons (Fsp3) is 0.350. The number of carbonyl (C=O) groups excluding carboxylic acids is 1. The molecule has 150 valence electrons. The summed E-state index contributed by atoms with van der Waals surface area (Å²) in [6.45, 7) is -0.200. The summed E-state index contributed by atoms with van der Waals surface area (Å²) < 4.78 is 45.5. The smallest absolute Gasteiger partial charge is 0.317 e. The molecule has 2 aromatic carbocycles. The van der Waals surface area contributed by atoms with Crippen molar-refractivity contribution in [3.05, 3.63) is 65.5 Å². The molecule has 1 aliphatic rings. The van der Waals surface area contributed by atoms with Gasteiger partial charge in [0, 0.05) is 13.1 Å². The predicted octanol–water partition coefficient (Wildman–Crippen LogP) is 3.32. The van der Waals surface area contributed by atoms with Gasteiger partial charge in [-0.05, 0) is 41.8 Å². The molecule has 1 heterocycles. The summed E-state index contributed by atoms with van der Waals surface area (Å²) in [5.41, 5.74) is 1.70. The Morgan fingerprint density at radius 1 is 1.14 bits per heavy atom. The highest BCUT2D eigenvalue weighted by Crippen LogP contribution is 2.27. The Kier molecular flexibility index (Phi) is 6.08. The molecule has 0 spiro atoms. The summed E-state index contributed by atoms with van der Waals surface area (Å²) in [5, 5.41) is 11.9. The number of aliphatic hydroxyl groups is 1. The van der Waals surface area contributed by atoms with Crippen LogP contribution in [0.1, 0.15) is 17.5 Å². The molecule has 1 aliphatic heterocycles. The van der Waals surface area contributed by atoms with E-state index in [0.717, 1.165) is 16.0 Å². The number of carbonyl (C=O) groups is 1. The number of nitrogens with one attached hydrogen (secondary N) is 1. The lowest BCUT2D eigenvalue weighted by atomic mass is 10.0. The summed E-state index contributed by atoms with van der Waals surface area (Å²) in [4.78, 5) is 13.1. The Bertz CT molecular complexity index is 797. The number of halogens is 3. The molecule has 0 saturated carbocycles. The lowest BCUT2D eigenvalue weighted by molar-refractivity contribution is -0.141. The molecule has 0 aliphatic carbocycles. The molecular weight excluding hydrogens is 373 g/mol. The van der Waals surface area contributed by atoms with E-state index in [0.29, 0.717) is 12.4 Å². The highest BCUT2D eigenvalue weighted by atomic mass is 19.3. The number of hydrogen-bond acceptors (Lipinski definition) is 3. The Labute approximate surface area is 160 Å². The van der Waals surface area contributed by atoms with Gasteiger partial charge in [-0.3, -0.25) is 0 Å². The molecule has 2 aromatic rings. The van der Waals surface area contributed by atoms with E-state index < -0.39 is 24.6 Å². The zero-order valence-electron chi connectivity index (χ0n) is 15.1. The number of rotatable bonds is 5. The molecule has 8 heteroatoms. The number of amides is 2. The lowest BCUT2D eigenvalue weighted by Gasteiger charge is -2.35. The largest absolute Gasteiger partial charge is 0.489 e. The standard InChI is InChI=1S/C20H21F3N2O3/c21-16-5-7-17(8-6-16)28-12-15-3-1-14(2-4-15)11-24-19(27)25-10-9-18(26)20(22,23)13-25/h1-8,18,26H,9-13H2,(H,24,27). The SMILES string of the molecule is O=C(NCc1ccc(COc2ccc(F)cc2)cc1)N1CCC(O)C(F)(F)C1. The quantitative estimate of drug-likeness (QED) is 0.818. The number of hydrogen-bond donors (Lipinski definition) is 2. The fourth-order valence-electron chi connectivity index (χ4n) is 2.84. The monoisotopic (exact) mass is 394 g/mol. The van der Waals surface area contributed by atoms with Gasteiger partial charge in [0.25, 0.3) is 5.92 Å². The summed E-state index contributed by atoms with van der Waals surface area (Å²) in [6.07, 6.45) is -1.86. The highest BCUT2D eigenvalue weighted by molar-refractivity contribution is 5.74. The van der Waals surface area contributed by atoms with E-state index in [1.165, 1.54) is 12.1 Å². The third kappa shape index (κ3) is 5.16. The molecule has 2 N–H and O–H groups in total. The van der Waals surface area contributed by atoms with Gasteiger partial charge in [0.1, 0.15) is 24.3 Å². The number of piperidine rings is 1. The zero-order chi connectivity index (χ0) is 20.1. The van der Waals surface area contributed by atoms with Crippen LogP contribution in [0, 0.1) is 5.82 Å². The van der Waals surface area contributed by atoms with E-state index >= 15 is 0 Å². The van der Waals surface area contributed by atoms with Gasteiger partial charge in [-0.2, -0.15) is 0 Å². The van der Waals surface area contributed by atoms with Crippen LogP contribution in [0.15, 0.2) is 48.5 Å². The molecule has 1 atom stereocenters. The minimum absolute atomic E-state index is 0.0856. The predicted molar refractivity (Wildman–Crippen MR) is 96.6 cm³/mol. The average molecular weight is 394 g/mol. The van der Waals surface area contributed by atoms with Crippen molar-refractivity contribution in [3.8, 4) is 5.75 Å². The van der Waals surface area contributed by atoms with Crippen molar-refractivity contribution in [2.75, 3.05) is 13.1 Å². The average Bonchev–Trinajstić information content (AvgIpc) is 2.68. The summed E-state index contributed by atoms with van der Waals surface area (Å²) in [6, 6.07) is 12.4. The molecule has 0 bridgehead atoms. The number of benzene rings is 2. The molecule has 0 radical (unpaired) electrons. The fourth-order valence-corrected chi connectivity index (χ4v) is 2.84. The maximum atomic E-state index is 13.5. The van der Waals surface area contributed by atoms with Crippen molar-refractivity contribution in [1.82, 2.24) is 10.2 Å². The van der Waals surface area contributed by atoms with Gasteiger partial charge in [0.2, 0.25) is 0 Å². The van der Waals surface area contributed by atoms with Crippen LogP contribution in [0.2, 0.25) is 0 Å². The summed E-state index contributed by atoms with van der Waals surface area (Å²) in [7, 11) is 0. The van der Waals surface area contributed by atoms with E-state index in [1.807, 2.05) is 12.1 Å². The van der Waals surface area contributed by atoms with Crippen LogP contribution < -0.4 is 10.1 Å². The molecular formula is C20H21F3N2O3. The van der Waals surface area contributed by atoms with Gasteiger partial charge in [-0.15, -0.1) is 0 Å². The summed E-state index contributed by atoms with van der Waals surface area (Å²) >= 11 is 0. The molecule has 2 amide bonds. The van der Waals surface area contributed by atoms with E-state index in [-0.39, 0.29) is 25.3 Å². The van der Waals surface area contributed by atoms with Crippen molar-refractivity contribution < 1.29 is 27.8 Å². The number of urea groups is 1. The first-order chi connectivity index (χ1) is 13.3. The van der Waals surface area contributed by atoms with E-state index in [9.17, 15) is 23.1 Å². The first kappa shape index (κ1) is 20.0. The Morgan fingerprint density at radius 3 is 2.43 bits per heavy atom. The van der Waals surface area contributed by atoms with Gasteiger partial charge >= 0.3 is 6.03 Å². The maximum Gasteiger partial charge on any atom is 0.317 e. The maximum absolute atomic E-state index is 13.5. The van der Waals surface area contributed by atoms with Crippen molar-refractivity contribution in [2.24, 2.45) is 0 Å². The number of likely N-dealkylation sites (tertiary alicyclic amines) is 1. The molecule has 1 saturated heterocycles. The van der Waals surface area contributed by atoms with Crippen molar-refractivity contribution >= 4 is 6.03 Å². The summed E-state index contributed by atoms with van der Waals surface area (Å²) in [5.74, 6) is -3.06. The minimum Gasteiger partial charge on any atom is -0.489 e. The van der Waals surface area contributed by atoms with E-state index in [2.05, 4.69) is 5.32 Å². The Hall–Kier alpha value is -2.74. The molecule has 28 heavy (non-hydrogen) atoms. The second-order valence-corrected chi connectivity index (χ2v) is 6.70. The minimum atomic E-state index is -3.29. The second kappa shape index (κ2) is 8.52. The van der Waals surface area contributed by atoms with Gasteiger partial charge in [0.05, 0.1) is 6.54 Å². The van der Waals surface area contributed by atoms with Crippen LogP contribution in [0.5, 0.6) is 5.75 Å². The molecule has 5 nitrogen and oxygen atoms in total. The van der Waals surface area contributed by atoms with E-state index in [4.69, 9.17) is 4.74 Å². The van der Waals surface area contributed by atoms with Gasteiger partial charge in [-0.25, -0.2) is 18.0 Å². The van der Waals surface area contributed by atoms with E-state index in [1.54, 1.807) is 24.3 Å². The lowest BCUT2D eigenvalue weighted by Crippen LogP contribution is -2.55. The number of alkyl halides is 2. The van der Waals surface area contributed by atoms with Gasteiger partial charge < -0.3 is 20.1 Å². The second-order valence-electron chi connectivity index (χ2n) is 6.70. The molecule has 1 fully saturated rings. The van der Waals surface area contributed by atoms with Crippen LogP contribution >= 0.6 is 0 Å². The number of aliphatic hydroxyl groups excluding tert-OH is 1. The Balaban J connectivity index is 1.46.